The number of nitrogens with zero attached hydrogens (tertiary/aromatic N) is 2. The van der Waals surface area contributed by atoms with Crippen LogP contribution in [0.1, 0.15) is 188 Å². The van der Waals surface area contributed by atoms with Crippen LogP contribution in [-0.4, -0.2) is 61.7 Å². The molecule has 95 heavy (non-hydrogen) atoms. The van der Waals surface area contributed by atoms with Gasteiger partial charge >= 0.3 is 29.4 Å². The minimum absolute atomic E-state index is 0. The number of nitrogens with two attached hydrogens (primary N) is 2. The zero-order chi connectivity index (χ0) is 68.4. The van der Waals surface area contributed by atoms with Crippen LogP contribution in [0.25, 0.3) is 5.57 Å². The summed E-state index contributed by atoms with van der Waals surface area (Å²) in [5.74, 6) is -0.780. The van der Waals surface area contributed by atoms with Crippen LogP contribution in [0.3, 0.4) is 0 Å². The van der Waals surface area contributed by atoms with E-state index in [-0.39, 0.29) is 49.6 Å². The minimum atomic E-state index is -4.54. The molecule has 0 aliphatic heterocycles. The van der Waals surface area contributed by atoms with Crippen molar-refractivity contribution in [3.63, 3.8) is 0 Å². The molecule has 0 spiro atoms. The first-order chi connectivity index (χ1) is 42.9. The Morgan fingerprint density at radius 3 is 1.47 bits per heavy atom. The smallest absolute Gasteiger partial charge is 0.462 e. The zero-order valence-electron chi connectivity index (χ0n) is 56.5. The van der Waals surface area contributed by atoms with Gasteiger partial charge in [0.1, 0.15) is 0 Å². The molecule has 4 amide bonds. The van der Waals surface area contributed by atoms with Gasteiger partial charge in [-0.15, -0.1) is 8.58 Å². The Morgan fingerprint density at radius 1 is 0.600 bits per heavy atom. The molecule has 6 aromatic rings. The number of pyridine rings is 2. The van der Waals surface area contributed by atoms with Crippen LogP contribution in [0, 0.1) is 26.7 Å². The normalized spacial score (nSPS) is 15.6. The molecule has 2 fully saturated rings. The van der Waals surface area contributed by atoms with Gasteiger partial charge in [0.2, 0.25) is 23.6 Å². The summed E-state index contributed by atoms with van der Waals surface area (Å²) in [6, 6.07) is 31.4. The molecule has 3 unspecified atom stereocenters. The fraction of sp³-hybridized carbons (Fsp3) is 0.425. The molecule has 8 rings (SSSR count). The fourth-order valence-electron chi connectivity index (χ4n) is 10.6. The van der Waals surface area contributed by atoms with E-state index >= 15 is 0 Å². The molecule has 0 saturated heterocycles. The summed E-state index contributed by atoms with van der Waals surface area (Å²) in [6.07, 6.45) is 5.12. The van der Waals surface area contributed by atoms with Crippen molar-refractivity contribution in [2.24, 2.45) is 23.3 Å². The summed E-state index contributed by atoms with van der Waals surface area (Å²) >= 11 is 12.0. The average molecular weight is 1420 g/mol. The van der Waals surface area contributed by atoms with Crippen molar-refractivity contribution in [2.45, 2.75) is 187 Å². The van der Waals surface area contributed by atoms with Crippen LogP contribution in [0.2, 0.25) is 10.0 Å². The van der Waals surface area contributed by atoms with Crippen molar-refractivity contribution in [2.75, 3.05) is 0 Å². The topological polar surface area (TPSA) is 189 Å². The minimum Gasteiger partial charge on any atom is -0.462 e. The number of carbonyl (C=O) groups excluding carboxylic acids is 4. The number of hydrogen-bond acceptors (Lipinski definition) is 8. The zero-order valence-corrected chi connectivity index (χ0v) is 60.2. The third-order valence-corrected chi connectivity index (χ3v) is 18.2. The Labute approximate surface area is 580 Å². The number of hydrogen-bond donors (Lipinski definition) is 4. The molecular weight excluding hydrogens is 1330 g/mol. The molecule has 2 aliphatic rings. The molecule has 2 aliphatic carbocycles. The molecule has 6 N–H and O–H groups in total. The van der Waals surface area contributed by atoms with E-state index in [2.05, 4.69) is 55.2 Å². The van der Waals surface area contributed by atoms with E-state index in [0.717, 1.165) is 58.5 Å². The van der Waals surface area contributed by atoms with Gasteiger partial charge in [-0.05, 0) is 178 Å². The van der Waals surface area contributed by atoms with Crippen LogP contribution < -0.4 is 31.6 Å². The molecule has 2 saturated carbocycles. The largest absolute Gasteiger partial charge is 2.00 e. The Kier molecular flexibility index (Phi) is 33.7. The molecule has 2 aromatic heterocycles. The molecule has 22 heteroatoms. The van der Waals surface area contributed by atoms with Gasteiger partial charge in [0.15, 0.2) is 11.2 Å². The van der Waals surface area contributed by atoms with Gasteiger partial charge in [0, 0.05) is 63.4 Å². The van der Waals surface area contributed by atoms with Crippen molar-refractivity contribution in [1.82, 2.24) is 20.6 Å². The number of alkyl halides is 6. The van der Waals surface area contributed by atoms with Gasteiger partial charge in [-0.25, -0.2) is 9.97 Å². The van der Waals surface area contributed by atoms with Crippen molar-refractivity contribution in [3.8, 4) is 11.8 Å². The number of primary amides is 2. The number of carbonyl (C=O) groups is 4. The Hall–Kier alpha value is -6.49. The van der Waals surface area contributed by atoms with E-state index in [9.17, 15) is 45.5 Å². The van der Waals surface area contributed by atoms with Gasteiger partial charge in [-0.2, -0.15) is 26.3 Å². The first kappa shape index (κ1) is 84.6. The van der Waals surface area contributed by atoms with Crippen molar-refractivity contribution < 1.29 is 72.1 Å². The average Bonchev–Trinajstić information content (AvgIpc) is 1.51. The van der Waals surface area contributed by atoms with Gasteiger partial charge in [0.25, 0.3) is 11.8 Å². The van der Waals surface area contributed by atoms with Crippen molar-refractivity contribution in [1.29, 1.82) is 0 Å². The predicted octanol–water partition coefficient (Wildman–Crippen LogP) is 18.5. The quantitative estimate of drug-likeness (QED) is 0.0267. The third-order valence-electron chi connectivity index (χ3n) is 15.7. The predicted molar refractivity (Wildman–Crippen MR) is 369 cm³/mol. The summed E-state index contributed by atoms with van der Waals surface area (Å²) in [7, 11) is 1.17. The molecule has 2 heterocycles. The number of allylic oxidation sites excluding steroid dienone is 2. The monoisotopic (exact) mass is 1420 g/mol. The summed E-state index contributed by atoms with van der Waals surface area (Å²) in [5.41, 5.74) is 12.4. The van der Waals surface area contributed by atoms with Crippen molar-refractivity contribution >= 4 is 61.0 Å². The van der Waals surface area contributed by atoms with E-state index in [4.69, 9.17) is 44.1 Å². The standard InChI is InChI=1S/C27H27ClF3N3O3.C27H25ClF3N3O3.C12H25P.C5H10.2CH3.Fe/c2*1-16(34-25(36)26(2,3)37-23-12-9-20(15-33-23)27(29,30)31)22(13-17-7-10-21(28)11-8-17)18-5-4-6-19(14-18)24(32)35;1-9(2)10-7-6-8-11(10)13-12(3,4)5;1-2-4-5-3-1;;;/h4-12,14-16,22H,13H2,1-3H3,(H2,32,35)(H,34,36);4-12,14-15H,13H2,1-3H3,(H2,32,35)(H,34,36);9-11,13H,6-8H2,1-5H3;1-5H2;2*1H3;/q;;;;2*-1;+2/b;22-16-;;;;;/t16-,22+;;;;;;/m0....../s1. The first-order valence-electron chi connectivity index (χ1n) is 30.8. The molecule has 0 bridgehead atoms. The number of amides is 4. The van der Waals surface area contributed by atoms with E-state index in [1.165, 1.54) is 87.6 Å². The Bertz CT molecular complexity index is 3410. The maximum atomic E-state index is 13.2. The number of aromatic nitrogens is 2. The second-order valence-electron chi connectivity index (χ2n) is 25.6. The van der Waals surface area contributed by atoms with E-state index in [0.29, 0.717) is 68.4 Å². The van der Waals surface area contributed by atoms with Crippen molar-refractivity contribution in [3.05, 3.63) is 209 Å². The van der Waals surface area contributed by atoms with E-state index in [1.54, 1.807) is 73.7 Å². The SMILES string of the molecule is C/C(NC(=O)C(C)(C)Oc1ccc(C(F)(F)F)cn1)=C(\Cc1ccc(Cl)cc1)c1cccc(C(N)=O)c1.C1CCCC1.CC(C)C1CCCC1PC(C)(C)C.C[C@H](NC(=O)C(C)(C)Oc1ccc(C(F)(F)F)cn1)[C@@H](Cc1ccc(Cl)cc1)c1cccc(C(N)=O)c1.[CH3-].[CH3-].[Fe+2]. The second kappa shape index (κ2) is 37.9. The maximum absolute atomic E-state index is 13.2. The summed E-state index contributed by atoms with van der Waals surface area (Å²) in [4.78, 5) is 57.2. The number of rotatable bonds is 19. The third kappa shape index (κ3) is 27.9. The molecule has 4 aromatic carbocycles. The molecule has 5 atom stereocenters. The van der Waals surface area contributed by atoms with Gasteiger partial charge in [0.05, 0.1) is 11.1 Å². The van der Waals surface area contributed by atoms with E-state index in [1.807, 2.05) is 37.3 Å². The van der Waals surface area contributed by atoms with Crippen LogP contribution in [-0.2, 0) is 51.9 Å². The molecule has 520 valence electrons. The van der Waals surface area contributed by atoms with Gasteiger partial charge in [-0.1, -0.05) is 145 Å². The summed E-state index contributed by atoms with van der Waals surface area (Å²) in [6.45, 7) is 21.4. The van der Waals surface area contributed by atoms with Crippen LogP contribution in [0.15, 0.2) is 139 Å². The maximum Gasteiger partial charge on any atom is 2.00 e. The summed E-state index contributed by atoms with van der Waals surface area (Å²) < 4.78 is 88.1. The van der Waals surface area contributed by atoms with E-state index < -0.39 is 64.4 Å². The molecule has 12 nitrogen and oxygen atoms in total. The number of ether oxygens (including phenoxy) is 2. The summed E-state index contributed by atoms with van der Waals surface area (Å²) in [5, 5.41) is 7.49. The van der Waals surface area contributed by atoms with Crippen LogP contribution in [0.5, 0.6) is 11.8 Å². The van der Waals surface area contributed by atoms with Gasteiger partial charge < -0.3 is 46.4 Å². The fourth-order valence-corrected chi connectivity index (χ4v) is 13.1. The number of nitrogens with one attached hydrogen (secondary N) is 2. The number of halogens is 8. The first-order valence-corrected chi connectivity index (χ1v) is 32.6. The Morgan fingerprint density at radius 2 is 1.04 bits per heavy atom. The van der Waals surface area contributed by atoms with Crippen LogP contribution >= 0.6 is 31.8 Å². The van der Waals surface area contributed by atoms with Crippen LogP contribution in [0.4, 0.5) is 26.3 Å². The molecule has 0 radical (unpaired) electrons. The van der Waals surface area contributed by atoms with Gasteiger partial charge in [-0.3, -0.25) is 19.2 Å². The number of benzene rings is 4. The second-order valence-corrected chi connectivity index (χ2v) is 29.0. The molecular formula is C73H93Cl2F6FeN6O6P. The Balaban J connectivity index is 0.000000499.